The zero-order chi connectivity index (χ0) is 17.5. The second-order valence-electron chi connectivity index (χ2n) is 6.08. The summed E-state index contributed by atoms with van der Waals surface area (Å²) in [7, 11) is 0. The maximum Gasteiger partial charge on any atom is 0.273 e. The molecule has 1 aromatic carbocycles. The smallest absolute Gasteiger partial charge is 0.258 e. The quantitative estimate of drug-likeness (QED) is 0.622. The number of rotatable bonds is 4. The van der Waals surface area contributed by atoms with Crippen LogP contribution in [0.5, 0.6) is 0 Å². The van der Waals surface area contributed by atoms with Gasteiger partial charge in [-0.3, -0.25) is 10.1 Å². The molecule has 0 atom stereocenters. The molecule has 10 heteroatoms. The van der Waals surface area contributed by atoms with E-state index in [-0.39, 0.29) is 5.69 Å². The molecule has 1 spiro atoms. The molecule has 10 nitrogen and oxygen atoms in total. The second kappa shape index (κ2) is 5.39. The van der Waals surface area contributed by atoms with Gasteiger partial charge >= 0.3 is 0 Å². The Hall–Kier alpha value is -2.78. The molecule has 3 rings (SSSR count). The fraction of sp³-hybridized carbons (Fsp3) is 0.571. The van der Waals surface area contributed by atoms with Gasteiger partial charge in [0.15, 0.2) is 0 Å². The normalized spacial score (nSPS) is 20.4. The zero-order valence-electron chi connectivity index (χ0n) is 14.1. The van der Waals surface area contributed by atoms with Gasteiger partial charge in [0, 0.05) is 25.2 Å². The van der Waals surface area contributed by atoms with Crippen molar-refractivity contribution < 1.29 is 4.92 Å². The van der Waals surface area contributed by atoms with Crippen molar-refractivity contribution in [3.63, 3.8) is 0 Å². The zero-order valence-corrected chi connectivity index (χ0v) is 14.1. The van der Waals surface area contributed by atoms with Crippen molar-refractivity contribution in [2.24, 2.45) is 20.8 Å². The summed E-state index contributed by atoms with van der Waals surface area (Å²) < 4.78 is 0. The van der Waals surface area contributed by atoms with Crippen LogP contribution >= 0.6 is 0 Å². The highest BCUT2D eigenvalue weighted by molar-refractivity contribution is 5.53. The number of hydrogen-bond acceptors (Lipinski definition) is 9. The predicted molar refractivity (Wildman–Crippen MR) is 86.9 cm³/mol. The maximum absolute atomic E-state index is 10.9. The van der Waals surface area contributed by atoms with Crippen LogP contribution < -0.4 is 5.01 Å². The lowest BCUT2D eigenvalue weighted by molar-refractivity contribution is -0.384. The average Bonchev–Trinajstić information content (AvgIpc) is 3.07. The predicted octanol–water partition coefficient (Wildman–Crippen LogP) is 3.15. The minimum Gasteiger partial charge on any atom is -0.258 e. The van der Waals surface area contributed by atoms with Crippen LogP contribution in [0.25, 0.3) is 0 Å². The maximum atomic E-state index is 10.9. The molecule has 24 heavy (non-hydrogen) atoms. The fourth-order valence-corrected chi connectivity index (χ4v) is 3.26. The lowest BCUT2D eigenvalue weighted by atomic mass is 9.93. The summed E-state index contributed by atoms with van der Waals surface area (Å²) in [6.07, 6.45) is 0. The van der Waals surface area contributed by atoms with Crippen LogP contribution in [0.15, 0.2) is 45.0 Å². The number of nitrogens with zero attached hydrogens (tertiary/aromatic N) is 8. The van der Waals surface area contributed by atoms with E-state index in [4.69, 9.17) is 0 Å². The first-order chi connectivity index (χ1) is 11.4. The van der Waals surface area contributed by atoms with Gasteiger partial charge < -0.3 is 0 Å². The molecule has 0 saturated heterocycles. The first-order valence-electron chi connectivity index (χ1n) is 7.82. The van der Waals surface area contributed by atoms with E-state index in [9.17, 15) is 10.1 Å². The summed E-state index contributed by atoms with van der Waals surface area (Å²) in [5.74, 6) is -0.813. The van der Waals surface area contributed by atoms with Crippen LogP contribution in [-0.4, -0.2) is 39.4 Å². The standard InChI is InChI=1S/C14H20N8O2/c1-5-19-14(20(6-2)18-17-19)13(3,4)15-16-21(14)11-7-9-12(10-8-11)22(23)24/h7-10H,5-6H2,1-4H3. The molecule has 2 aliphatic rings. The van der Waals surface area contributed by atoms with E-state index in [1.54, 1.807) is 17.1 Å². The number of nitro benzene ring substituents is 1. The number of hydrogen-bond donors (Lipinski definition) is 0. The van der Waals surface area contributed by atoms with Crippen LogP contribution in [0.1, 0.15) is 27.7 Å². The fourth-order valence-electron chi connectivity index (χ4n) is 3.26. The van der Waals surface area contributed by atoms with Gasteiger partial charge in [0.1, 0.15) is 5.54 Å². The summed E-state index contributed by atoms with van der Waals surface area (Å²) in [4.78, 5) is 10.5. The van der Waals surface area contributed by atoms with Crippen molar-refractivity contribution in [2.75, 3.05) is 18.1 Å². The minimum absolute atomic E-state index is 0.0312. The molecule has 0 bridgehead atoms. The van der Waals surface area contributed by atoms with Gasteiger partial charge in [-0.1, -0.05) is 5.22 Å². The third-order valence-electron chi connectivity index (χ3n) is 4.38. The number of anilines is 1. The van der Waals surface area contributed by atoms with Crippen molar-refractivity contribution in [1.82, 2.24) is 10.0 Å². The van der Waals surface area contributed by atoms with Crippen molar-refractivity contribution >= 4 is 11.4 Å². The molecule has 128 valence electrons. The van der Waals surface area contributed by atoms with Crippen molar-refractivity contribution in [1.29, 1.82) is 0 Å². The number of non-ortho nitro benzene ring substituents is 1. The Kier molecular flexibility index (Phi) is 3.61. The molecule has 0 N–H and O–H groups in total. The largest absolute Gasteiger partial charge is 0.273 e. The summed E-state index contributed by atoms with van der Waals surface area (Å²) >= 11 is 0. The third kappa shape index (κ3) is 1.95. The van der Waals surface area contributed by atoms with Crippen LogP contribution in [0.4, 0.5) is 11.4 Å². The Bertz CT molecular complexity index is 685. The topological polar surface area (TPSA) is 102 Å². The van der Waals surface area contributed by atoms with Crippen LogP contribution in [-0.2, 0) is 0 Å². The molecule has 0 radical (unpaired) electrons. The number of benzene rings is 1. The van der Waals surface area contributed by atoms with Crippen molar-refractivity contribution in [2.45, 2.75) is 39.0 Å². The average molecular weight is 332 g/mol. The molecule has 1 aromatic rings. The molecule has 0 amide bonds. The van der Waals surface area contributed by atoms with Crippen molar-refractivity contribution in [3.05, 3.63) is 34.4 Å². The van der Waals surface area contributed by atoms with Gasteiger partial charge in [-0.05, 0) is 50.3 Å². The highest BCUT2D eigenvalue weighted by Gasteiger charge is 2.65. The Morgan fingerprint density at radius 3 is 2.04 bits per heavy atom. The lowest BCUT2D eigenvalue weighted by Gasteiger charge is -2.48. The van der Waals surface area contributed by atoms with Crippen LogP contribution in [0.3, 0.4) is 0 Å². The Labute approximate surface area is 139 Å². The summed E-state index contributed by atoms with van der Waals surface area (Å²) in [6, 6.07) is 6.25. The van der Waals surface area contributed by atoms with E-state index in [1.165, 1.54) is 12.1 Å². The van der Waals surface area contributed by atoms with E-state index < -0.39 is 16.2 Å². The SMILES string of the molecule is CCN1N=NN(CC)C12N(c1ccc([N+](=O)[O-])cc1)N=NC2(C)C. The first-order valence-corrected chi connectivity index (χ1v) is 7.82. The highest BCUT2D eigenvalue weighted by Crippen LogP contribution is 2.48. The van der Waals surface area contributed by atoms with E-state index in [0.717, 1.165) is 0 Å². The molecule has 2 aliphatic heterocycles. The van der Waals surface area contributed by atoms with E-state index in [2.05, 4.69) is 20.8 Å². The Morgan fingerprint density at radius 2 is 1.58 bits per heavy atom. The molecule has 2 heterocycles. The van der Waals surface area contributed by atoms with Gasteiger partial charge in [0.2, 0.25) is 0 Å². The van der Waals surface area contributed by atoms with Gasteiger partial charge in [-0.2, -0.15) is 10.1 Å². The second-order valence-corrected chi connectivity index (χ2v) is 6.08. The Balaban J connectivity index is 2.09. The Morgan fingerprint density at radius 1 is 1.04 bits per heavy atom. The summed E-state index contributed by atoms with van der Waals surface area (Å²) in [5, 5.41) is 33.6. The third-order valence-corrected chi connectivity index (χ3v) is 4.38. The summed E-state index contributed by atoms with van der Waals surface area (Å²) in [6.45, 7) is 9.17. The number of nitro groups is 1. The van der Waals surface area contributed by atoms with Crippen molar-refractivity contribution in [3.8, 4) is 0 Å². The first kappa shape index (κ1) is 16.1. The van der Waals surface area contributed by atoms with Gasteiger partial charge in [-0.25, -0.2) is 10.0 Å². The van der Waals surface area contributed by atoms with Gasteiger partial charge in [-0.15, -0.1) is 0 Å². The van der Waals surface area contributed by atoms with Gasteiger partial charge in [0.05, 0.1) is 10.6 Å². The minimum atomic E-state index is -0.813. The molecule has 0 fully saturated rings. The molecule has 0 saturated carbocycles. The van der Waals surface area contributed by atoms with E-state index in [0.29, 0.717) is 18.8 Å². The lowest BCUT2D eigenvalue weighted by Crippen LogP contribution is -2.70. The molecule has 0 aromatic heterocycles. The monoisotopic (exact) mass is 332 g/mol. The van der Waals surface area contributed by atoms with E-state index >= 15 is 0 Å². The highest BCUT2D eigenvalue weighted by atomic mass is 16.6. The van der Waals surface area contributed by atoms with Gasteiger partial charge in [0.25, 0.3) is 11.5 Å². The number of likely N-dealkylation sites (N-methyl/N-ethyl adjacent to an activating group) is 2. The van der Waals surface area contributed by atoms with Crippen LogP contribution in [0.2, 0.25) is 0 Å². The molecular weight excluding hydrogens is 312 g/mol. The summed E-state index contributed by atoms with van der Waals surface area (Å²) in [5.41, 5.74) is 0.118. The molecular formula is C14H20N8O2. The van der Waals surface area contributed by atoms with E-state index in [1.807, 2.05) is 37.7 Å². The molecule has 0 unspecified atom stereocenters. The van der Waals surface area contributed by atoms with Crippen LogP contribution in [0, 0.1) is 10.1 Å². The molecule has 0 aliphatic carbocycles.